The molecule has 0 fully saturated rings. The molecule has 0 saturated heterocycles. The van der Waals surface area contributed by atoms with Gasteiger partial charge >= 0.3 is 5.97 Å². The molecule has 144 valence electrons. The number of H-pyrrole nitrogens is 1. The molecule has 6 nitrogen and oxygen atoms in total. The molecule has 3 aromatic rings. The van der Waals surface area contributed by atoms with Crippen molar-refractivity contribution in [2.45, 2.75) is 26.8 Å². The number of rotatable bonds is 5. The van der Waals surface area contributed by atoms with E-state index in [1.807, 2.05) is 39.0 Å². The number of aromatic nitrogens is 1. The Morgan fingerprint density at radius 1 is 1.07 bits per heavy atom. The Morgan fingerprint density at radius 2 is 1.82 bits per heavy atom. The van der Waals surface area contributed by atoms with E-state index in [0.717, 1.165) is 11.1 Å². The lowest BCUT2D eigenvalue weighted by molar-refractivity contribution is -0.124. The Balaban J connectivity index is 1.65. The van der Waals surface area contributed by atoms with Crippen LogP contribution in [-0.2, 0) is 9.53 Å². The summed E-state index contributed by atoms with van der Waals surface area (Å²) in [4.78, 5) is 39.0. The molecule has 1 amide bonds. The number of para-hydroxylation sites is 1. The lowest BCUT2D eigenvalue weighted by atomic mass is 10.0. The Labute approximate surface area is 162 Å². The van der Waals surface area contributed by atoms with Crippen molar-refractivity contribution in [1.82, 2.24) is 10.3 Å². The quantitative estimate of drug-likeness (QED) is 0.668. The van der Waals surface area contributed by atoms with Gasteiger partial charge in [0.05, 0.1) is 11.6 Å². The van der Waals surface area contributed by atoms with Crippen LogP contribution in [-0.4, -0.2) is 23.5 Å². The monoisotopic (exact) mass is 378 g/mol. The number of pyridine rings is 1. The van der Waals surface area contributed by atoms with Gasteiger partial charge in [-0.1, -0.05) is 36.4 Å². The number of aromatic amines is 1. The summed E-state index contributed by atoms with van der Waals surface area (Å²) in [5.41, 5.74) is 3.57. The second-order valence-corrected chi connectivity index (χ2v) is 6.80. The standard InChI is InChI=1S/C22H22N2O4/c1-13-8-9-16(10-14(13)2)15(3)23-21(26)12-28-22(27)18-11-20(25)24-19-7-5-4-6-17(18)19/h4-11,15H,12H2,1-3H3,(H,23,26)(H,24,25)/t15-/m0/s1. The molecule has 28 heavy (non-hydrogen) atoms. The van der Waals surface area contributed by atoms with Gasteiger partial charge < -0.3 is 15.0 Å². The summed E-state index contributed by atoms with van der Waals surface area (Å²) < 4.78 is 5.13. The first-order valence-corrected chi connectivity index (χ1v) is 9.01. The van der Waals surface area contributed by atoms with Crippen LogP contribution in [0.4, 0.5) is 0 Å². The second kappa shape index (κ2) is 8.08. The van der Waals surface area contributed by atoms with Gasteiger partial charge in [-0.3, -0.25) is 9.59 Å². The van der Waals surface area contributed by atoms with Crippen molar-refractivity contribution in [2.75, 3.05) is 6.61 Å². The fourth-order valence-corrected chi connectivity index (χ4v) is 2.98. The summed E-state index contributed by atoms with van der Waals surface area (Å²) in [6, 6.07) is 13.9. The average molecular weight is 378 g/mol. The lowest BCUT2D eigenvalue weighted by Gasteiger charge is -2.16. The topological polar surface area (TPSA) is 88.3 Å². The third-order valence-corrected chi connectivity index (χ3v) is 4.71. The molecule has 0 saturated carbocycles. The summed E-state index contributed by atoms with van der Waals surface area (Å²) in [6.07, 6.45) is 0. The van der Waals surface area contributed by atoms with Gasteiger partial charge in [0.1, 0.15) is 0 Å². The Kier molecular flexibility index (Phi) is 5.59. The summed E-state index contributed by atoms with van der Waals surface area (Å²) in [5.74, 6) is -1.12. The number of hydrogen-bond acceptors (Lipinski definition) is 4. The van der Waals surface area contributed by atoms with Crippen LogP contribution in [0, 0.1) is 13.8 Å². The van der Waals surface area contributed by atoms with E-state index in [0.29, 0.717) is 10.9 Å². The zero-order chi connectivity index (χ0) is 20.3. The maximum absolute atomic E-state index is 12.4. The molecule has 0 unspecified atom stereocenters. The third-order valence-electron chi connectivity index (χ3n) is 4.71. The van der Waals surface area contributed by atoms with Crippen LogP contribution >= 0.6 is 0 Å². The minimum atomic E-state index is -0.712. The molecule has 0 aliphatic rings. The van der Waals surface area contributed by atoms with E-state index in [2.05, 4.69) is 10.3 Å². The predicted molar refractivity (Wildman–Crippen MR) is 107 cm³/mol. The van der Waals surface area contributed by atoms with Crippen LogP contribution in [0.1, 0.15) is 40.0 Å². The van der Waals surface area contributed by atoms with Gasteiger partial charge in [-0.2, -0.15) is 0 Å². The van der Waals surface area contributed by atoms with Crippen molar-refractivity contribution in [3.8, 4) is 0 Å². The van der Waals surface area contributed by atoms with E-state index in [4.69, 9.17) is 4.74 Å². The Hall–Kier alpha value is -3.41. The van der Waals surface area contributed by atoms with Gasteiger partial charge in [0.15, 0.2) is 6.61 Å². The van der Waals surface area contributed by atoms with Crippen molar-refractivity contribution in [3.05, 3.63) is 81.1 Å². The van der Waals surface area contributed by atoms with Crippen LogP contribution in [0.25, 0.3) is 10.9 Å². The number of hydrogen-bond donors (Lipinski definition) is 2. The van der Waals surface area contributed by atoms with Gasteiger partial charge in [0, 0.05) is 17.0 Å². The van der Waals surface area contributed by atoms with Crippen LogP contribution < -0.4 is 10.9 Å². The molecule has 0 spiro atoms. The highest BCUT2D eigenvalue weighted by atomic mass is 16.5. The SMILES string of the molecule is Cc1ccc([C@H](C)NC(=O)COC(=O)c2cc(=O)[nH]c3ccccc23)cc1C. The molecular weight excluding hydrogens is 356 g/mol. The van der Waals surface area contributed by atoms with Gasteiger partial charge in [0.25, 0.3) is 5.91 Å². The average Bonchev–Trinajstić information content (AvgIpc) is 2.67. The molecule has 6 heteroatoms. The Bertz CT molecular complexity index is 1100. The number of esters is 1. The number of ether oxygens (including phenoxy) is 1. The molecule has 2 N–H and O–H groups in total. The van der Waals surface area contributed by atoms with Crippen LogP contribution in [0.15, 0.2) is 53.3 Å². The van der Waals surface area contributed by atoms with Crippen molar-refractivity contribution in [1.29, 1.82) is 0 Å². The van der Waals surface area contributed by atoms with E-state index < -0.39 is 24.0 Å². The number of carbonyl (C=O) groups is 2. The number of nitrogens with one attached hydrogen (secondary N) is 2. The molecule has 1 heterocycles. The first kappa shape index (κ1) is 19.4. The zero-order valence-electron chi connectivity index (χ0n) is 16.0. The predicted octanol–water partition coefficient (Wildman–Crippen LogP) is 3.18. The summed E-state index contributed by atoms with van der Waals surface area (Å²) in [7, 11) is 0. The van der Waals surface area contributed by atoms with Gasteiger partial charge in [-0.05, 0) is 43.5 Å². The summed E-state index contributed by atoms with van der Waals surface area (Å²) >= 11 is 0. The minimum absolute atomic E-state index is 0.134. The molecule has 1 aromatic heterocycles. The number of fused-ring (bicyclic) bond motifs is 1. The summed E-state index contributed by atoms with van der Waals surface area (Å²) in [6.45, 7) is 5.49. The first-order chi connectivity index (χ1) is 13.3. The van der Waals surface area contributed by atoms with Gasteiger partial charge in [-0.15, -0.1) is 0 Å². The highest BCUT2D eigenvalue weighted by molar-refractivity contribution is 6.03. The van der Waals surface area contributed by atoms with Crippen molar-refractivity contribution < 1.29 is 14.3 Å². The minimum Gasteiger partial charge on any atom is -0.452 e. The first-order valence-electron chi connectivity index (χ1n) is 9.01. The van der Waals surface area contributed by atoms with Crippen LogP contribution in [0.5, 0.6) is 0 Å². The van der Waals surface area contributed by atoms with E-state index in [1.54, 1.807) is 24.3 Å². The third kappa shape index (κ3) is 4.28. The normalized spacial score (nSPS) is 11.8. The second-order valence-electron chi connectivity index (χ2n) is 6.80. The number of carbonyl (C=O) groups excluding carboxylic acids is 2. The summed E-state index contributed by atoms with van der Waals surface area (Å²) in [5, 5.41) is 3.38. The van der Waals surface area contributed by atoms with Crippen LogP contribution in [0.2, 0.25) is 0 Å². The van der Waals surface area contributed by atoms with Crippen molar-refractivity contribution >= 4 is 22.8 Å². The highest BCUT2D eigenvalue weighted by Gasteiger charge is 2.16. The molecule has 1 atom stereocenters. The van der Waals surface area contributed by atoms with Gasteiger partial charge in [-0.25, -0.2) is 4.79 Å². The smallest absolute Gasteiger partial charge is 0.339 e. The maximum atomic E-state index is 12.4. The molecule has 2 aromatic carbocycles. The zero-order valence-corrected chi connectivity index (χ0v) is 16.0. The number of amides is 1. The van der Waals surface area contributed by atoms with E-state index >= 15 is 0 Å². The van der Waals surface area contributed by atoms with Crippen LogP contribution in [0.3, 0.4) is 0 Å². The highest BCUT2D eigenvalue weighted by Crippen LogP contribution is 2.17. The van der Waals surface area contributed by atoms with E-state index in [-0.39, 0.29) is 11.6 Å². The largest absolute Gasteiger partial charge is 0.452 e. The fourth-order valence-electron chi connectivity index (χ4n) is 2.98. The Morgan fingerprint density at radius 3 is 2.57 bits per heavy atom. The van der Waals surface area contributed by atoms with E-state index in [9.17, 15) is 14.4 Å². The number of aryl methyl sites for hydroxylation is 2. The van der Waals surface area contributed by atoms with Gasteiger partial charge in [0.2, 0.25) is 5.56 Å². The molecule has 0 radical (unpaired) electrons. The van der Waals surface area contributed by atoms with Crippen molar-refractivity contribution in [3.63, 3.8) is 0 Å². The molecule has 0 aliphatic carbocycles. The molecular formula is C22H22N2O4. The molecule has 0 bridgehead atoms. The number of benzene rings is 2. The molecule has 3 rings (SSSR count). The van der Waals surface area contributed by atoms with E-state index in [1.165, 1.54) is 11.6 Å². The fraction of sp³-hybridized carbons (Fsp3) is 0.227. The van der Waals surface area contributed by atoms with Crippen molar-refractivity contribution in [2.24, 2.45) is 0 Å². The lowest BCUT2D eigenvalue weighted by Crippen LogP contribution is -2.31. The maximum Gasteiger partial charge on any atom is 0.339 e. The molecule has 0 aliphatic heterocycles.